The molecule has 3 nitrogen and oxygen atoms in total. The van der Waals surface area contributed by atoms with E-state index in [0.717, 1.165) is 63.3 Å². The van der Waals surface area contributed by atoms with Crippen LogP contribution in [0.4, 0.5) is 0 Å². The van der Waals surface area contributed by atoms with Crippen LogP contribution in [0.2, 0.25) is 0 Å². The van der Waals surface area contributed by atoms with Gasteiger partial charge >= 0.3 is 0 Å². The van der Waals surface area contributed by atoms with Crippen LogP contribution in [0.25, 0.3) is 66.9 Å². The zero-order valence-corrected chi connectivity index (χ0v) is 26.7. The lowest BCUT2D eigenvalue weighted by molar-refractivity contribution is 0.353. The van der Waals surface area contributed by atoms with E-state index in [9.17, 15) is 5.26 Å². The second-order valence-electron chi connectivity index (χ2n) is 13.2. The lowest BCUT2D eigenvalue weighted by Gasteiger charge is -2.36. The highest BCUT2D eigenvalue weighted by atomic mass is 14.9. The second kappa shape index (κ2) is 11.4. The Labute approximate surface area is 281 Å². The average molecular weight is 616 g/mol. The Morgan fingerprint density at radius 2 is 1.17 bits per heavy atom. The van der Waals surface area contributed by atoms with E-state index in [2.05, 4.69) is 133 Å². The van der Waals surface area contributed by atoms with E-state index in [-0.39, 0.29) is 5.41 Å². The molecule has 0 radical (unpaired) electrons. The quantitative estimate of drug-likeness (QED) is 0.198. The molecule has 1 aromatic heterocycles. The van der Waals surface area contributed by atoms with Crippen LogP contribution in [0.1, 0.15) is 48.8 Å². The molecular weight excluding hydrogens is 583 g/mol. The number of nitriles is 1. The zero-order chi connectivity index (χ0) is 32.1. The summed E-state index contributed by atoms with van der Waals surface area (Å²) in [7, 11) is 0. The Kier molecular flexibility index (Phi) is 6.76. The molecule has 3 heteroatoms. The van der Waals surface area contributed by atoms with Crippen LogP contribution < -0.4 is 0 Å². The molecule has 2 aliphatic rings. The topological polar surface area (TPSA) is 49.6 Å². The number of hydrogen-bond donors (Lipinski definition) is 0. The Morgan fingerprint density at radius 1 is 0.500 bits per heavy atom. The molecule has 6 aromatic carbocycles. The molecule has 0 N–H and O–H groups in total. The van der Waals surface area contributed by atoms with Gasteiger partial charge in [0.25, 0.3) is 0 Å². The number of rotatable bonds is 4. The SMILES string of the molecule is N#Cc1ccc2c(c1)C1(CCCCC1)c1cc(-c3ccccc3-c3cc(-c4ccccc4)nc(-c4cccc5ccccc45)n3)ccc1-2. The normalized spacial score (nSPS) is 14.4. The van der Waals surface area contributed by atoms with Crippen molar-refractivity contribution in [3.63, 3.8) is 0 Å². The van der Waals surface area contributed by atoms with Crippen molar-refractivity contribution in [3.05, 3.63) is 156 Å². The first-order chi connectivity index (χ1) is 23.7. The number of benzene rings is 6. The maximum absolute atomic E-state index is 9.78. The Balaban J connectivity index is 1.23. The summed E-state index contributed by atoms with van der Waals surface area (Å²) >= 11 is 0. The molecule has 0 aliphatic heterocycles. The van der Waals surface area contributed by atoms with E-state index in [4.69, 9.17) is 9.97 Å². The van der Waals surface area contributed by atoms with E-state index in [1.54, 1.807) is 0 Å². The van der Waals surface area contributed by atoms with Crippen LogP contribution in [0, 0.1) is 11.3 Å². The van der Waals surface area contributed by atoms with Crippen molar-refractivity contribution >= 4 is 10.8 Å². The van der Waals surface area contributed by atoms with E-state index in [1.165, 1.54) is 52.5 Å². The van der Waals surface area contributed by atoms with Gasteiger partial charge in [-0.2, -0.15) is 5.26 Å². The minimum absolute atomic E-state index is 0.0440. The molecule has 7 aromatic rings. The fourth-order valence-electron chi connectivity index (χ4n) is 8.27. The van der Waals surface area contributed by atoms with Crippen molar-refractivity contribution in [3.8, 4) is 62.2 Å². The first kappa shape index (κ1) is 28.4. The summed E-state index contributed by atoms with van der Waals surface area (Å²) in [6.45, 7) is 0. The van der Waals surface area contributed by atoms with Gasteiger partial charge in [-0.05, 0) is 81.3 Å². The third-order valence-corrected chi connectivity index (χ3v) is 10.5. The number of aromatic nitrogens is 2. The molecule has 0 amide bonds. The number of hydrogen-bond acceptors (Lipinski definition) is 3. The number of nitrogens with zero attached hydrogens (tertiary/aromatic N) is 3. The third kappa shape index (κ3) is 4.56. The highest BCUT2D eigenvalue weighted by Crippen LogP contribution is 2.56. The summed E-state index contributed by atoms with van der Waals surface area (Å²) in [5.41, 5.74) is 13.4. The van der Waals surface area contributed by atoms with Crippen molar-refractivity contribution in [2.24, 2.45) is 0 Å². The van der Waals surface area contributed by atoms with Gasteiger partial charge in [-0.25, -0.2) is 9.97 Å². The minimum atomic E-state index is -0.0440. The van der Waals surface area contributed by atoms with Crippen molar-refractivity contribution in [1.29, 1.82) is 5.26 Å². The minimum Gasteiger partial charge on any atom is -0.228 e. The maximum Gasteiger partial charge on any atom is 0.161 e. The molecule has 0 unspecified atom stereocenters. The van der Waals surface area contributed by atoms with Gasteiger partial charge in [-0.15, -0.1) is 0 Å². The first-order valence-corrected chi connectivity index (χ1v) is 16.9. The van der Waals surface area contributed by atoms with Crippen LogP contribution in [0.3, 0.4) is 0 Å². The van der Waals surface area contributed by atoms with Gasteiger partial charge in [-0.1, -0.05) is 135 Å². The maximum atomic E-state index is 9.78. The molecule has 228 valence electrons. The molecule has 48 heavy (non-hydrogen) atoms. The fraction of sp³-hybridized carbons (Fsp3) is 0.133. The summed E-state index contributed by atoms with van der Waals surface area (Å²) in [4.78, 5) is 10.5. The molecule has 1 heterocycles. The molecule has 0 bridgehead atoms. The first-order valence-electron chi connectivity index (χ1n) is 16.9. The van der Waals surface area contributed by atoms with E-state index in [0.29, 0.717) is 0 Å². The lowest BCUT2D eigenvalue weighted by atomic mass is 9.67. The molecular formula is C45H33N3. The van der Waals surface area contributed by atoms with Gasteiger partial charge in [0.05, 0.1) is 23.0 Å². The third-order valence-electron chi connectivity index (χ3n) is 10.5. The van der Waals surface area contributed by atoms with Crippen molar-refractivity contribution in [1.82, 2.24) is 9.97 Å². The van der Waals surface area contributed by atoms with Gasteiger partial charge in [-0.3, -0.25) is 0 Å². The van der Waals surface area contributed by atoms with Gasteiger partial charge < -0.3 is 0 Å². The van der Waals surface area contributed by atoms with Crippen molar-refractivity contribution < 1.29 is 0 Å². The van der Waals surface area contributed by atoms with Crippen LogP contribution in [-0.4, -0.2) is 9.97 Å². The van der Waals surface area contributed by atoms with Crippen LogP contribution in [0.5, 0.6) is 0 Å². The molecule has 0 saturated heterocycles. The summed E-state index contributed by atoms with van der Waals surface area (Å²) in [6, 6.07) is 51.7. The largest absolute Gasteiger partial charge is 0.228 e. The lowest BCUT2D eigenvalue weighted by Crippen LogP contribution is -2.28. The summed E-state index contributed by atoms with van der Waals surface area (Å²) < 4.78 is 0. The second-order valence-corrected chi connectivity index (χ2v) is 13.2. The predicted octanol–water partition coefficient (Wildman–Crippen LogP) is 11.4. The zero-order valence-electron chi connectivity index (χ0n) is 26.7. The van der Waals surface area contributed by atoms with E-state index < -0.39 is 0 Å². The molecule has 2 aliphatic carbocycles. The fourth-order valence-corrected chi connectivity index (χ4v) is 8.27. The highest BCUT2D eigenvalue weighted by molar-refractivity contribution is 5.96. The molecule has 9 rings (SSSR count). The molecule has 1 fully saturated rings. The molecule has 1 spiro atoms. The van der Waals surface area contributed by atoms with E-state index in [1.807, 2.05) is 12.1 Å². The monoisotopic (exact) mass is 615 g/mol. The van der Waals surface area contributed by atoms with E-state index >= 15 is 0 Å². The van der Waals surface area contributed by atoms with Crippen LogP contribution in [0.15, 0.2) is 140 Å². The molecule has 1 saturated carbocycles. The van der Waals surface area contributed by atoms with Crippen molar-refractivity contribution in [2.75, 3.05) is 0 Å². The summed E-state index contributed by atoms with van der Waals surface area (Å²) in [5.74, 6) is 0.719. The Morgan fingerprint density at radius 3 is 2.00 bits per heavy atom. The standard InChI is InChI=1S/C45H33N3/c46-29-30-20-22-36-37-23-21-33(27-41(37)45(40(36)26-30)24-9-2-10-25-45)35-17-7-8-18-38(35)43-28-42(32-13-3-1-4-14-32)47-44(48-43)39-19-11-15-31-12-5-6-16-34(31)39/h1,3-8,11-23,26-28H,2,9-10,24-25H2. The number of fused-ring (bicyclic) bond motifs is 6. The van der Waals surface area contributed by atoms with Crippen LogP contribution >= 0.6 is 0 Å². The summed E-state index contributed by atoms with van der Waals surface area (Å²) in [6.07, 6.45) is 5.91. The summed E-state index contributed by atoms with van der Waals surface area (Å²) in [5, 5.41) is 12.1. The van der Waals surface area contributed by atoms with Crippen LogP contribution in [-0.2, 0) is 5.41 Å². The van der Waals surface area contributed by atoms with Gasteiger partial charge in [0.15, 0.2) is 5.82 Å². The molecule has 0 atom stereocenters. The Bertz CT molecular complexity index is 2390. The smallest absolute Gasteiger partial charge is 0.161 e. The Hall–Kier alpha value is -5.85. The van der Waals surface area contributed by atoms with Gasteiger partial charge in [0.2, 0.25) is 0 Å². The predicted molar refractivity (Wildman–Crippen MR) is 195 cm³/mol. The van der Waals surface area contributed by atoms with Crippen molar-refractivity contribution in [2.45, 2.75) is 37.5 Å². The van der Waals surface area contributed by atoms with Gasteiger partial charge in [0.1, 0.15) is 0 Å². The average Bonchev–Trinajstić information content (AvgIpc) is 3.42. The highest BCUT2D eigenvalue weighted by Gasteiger charge is 2.44. The van der Waals surface area contributed by atoms with Gasteiger partial charge in [0, 0.05) is 22.1 Å².